The van der Waals surface area contributed by atoms with Crippen molar-refractivity contribution in [2.45, 2.75) is 19.1 Å². The highest BCUT2D eigenvalue weighted by Crippen LogP contribution is 2.34. The predicted octanol–water partition coefficient (Wildman–Crippen LogP) is 2.27. The Morgan fingerprint density at radius 3 is 2.57 bits per heavy atom. The fourth-order valence-corrected chi connectivity index (χ4v) is 1.87. The number of alkyl halides is 3. The Kier molecular flexibility index (Phi) is 5.42. The van der Waals surface area contributed by atoms with E-state index in [4.69, 9.17) is 15.7 Å². The second-order valence-electron chi connectivity index (χ2n) is 4.63. The molecule has 1 atom stereocenters. The molecule has 0 aliphatic rings. The van der Waals surface area contributed by atoms with Gasteiger partial charge >= 0.3 is 6.18 Å². The van der Waals surface area contributed by atoms with Gasteiger partial charge < -0.3 is 20.6 Å². The van der Waals surface area contributed by atoms with Gasteiger partial charge in [0, 0.05) is 31.5 Å². The fourth-order valence-electron chi connectivity index (χ4n) is 1.87. The smallest absolute Gasteiger partial charge is 0.409 e. The maximum absolute atomic E-state index is 12.9. The molecule has 0 spiro atoms. The maximum Gasteiger partial charge on any atom is 0.417 e. The van der Waals surface area contributed by atoms with Gasteiger partial charge in [-0.05, 0) is 25.1 Å². The first-order chi connectivity index (χ1) is 9.72. The summed E-state index contributed by atoms with van der Waals surface area (Å²) in [5.41, 5.74) is 4.55. The van der Waals surface area contributed by atoms with E-state index >= 15 is 0 Å². The number of methoxy groups -OCH3 is 1. The molecule has 8 heteroatoms. The molecule has 0 heterocycles. The zero-order valence-electron chi connectivity index (χ0n) is 12.0. The average molecular weight is 305 g/mol. The van der Waals surface area contributed by atoms with Crippen LogP contribution in [0.3, 0.4) is 0 Å². The van der Waals surface area contributed by atoms with Gasteiger partial charge in [0.15, 0.2) is 5.84 Å². The van der Waals surface area contributed by atoms with Crippen LogP contribution in [0.5, 0.6) is 0 Å². The van der Waals surface area contributed by atoms with Crippen LogP contribution in [-0.4, -0.2) is 37.8 Å². The number of likely N-dealkylation sites (N-methyl/N-ethyl adjacent to an activating group) is 1. The van der Waals surface area contributed by atoms with Crippen LogP contribution >= 0.6 is 0 Å². The standard InChI is InChI=1S/C13H18F3N3O2/c1-8(7-21-3)19(2)9-4-5-11(13(14,15)16)10(6-9)12(17)18-20/h4-6,8,20H,7H2,1-3H3,(H2,17,18). The highest BCUT2D eigenvalue weighted by atomic mass is 19.4. The quantitative estimate of drug-likeness (QED) is 0.379. The largest absolute Gasteiger partial charge is 0.417 e. The minimum absolute atomic E-state index is 0.0492. The number of nitrogens with two attached hydrogens (primary N) is 1. The number of amidine groups is 1. The molecule has 1 unspecified atom stereocenters. The van der Waals surface area contributed by atoms with Crippen molar-refractivity contribution in [1.82, 2.24) is 0 Å². The molecule has 0 saturated heterocycles. The van der Waals surface area contributed by atoms with Crippen molar-refractivity contribution in [2.24, 2.45) is 10.9 Å². The minimum Gasteiger partial charge on any atom is -0.409 e. The molecule has 1 aromatic carbocycles. The summed E-state index contributed by atoms with van der Waals surface area (Å²) in [7, 11) is 3.27. The summed E-state index contributed by atoms with van der Waals surface area (Å²) in [6, 6.07) is 3.44. The first kappa shape index (κ1) is 17.1. The number of halogens is 3. The highest BCUT2D eigenvalue weighted by molar-refractivity contribution is 5.99. The Morgan fingerprint density at radius 1 is 1.48 bits per heavy atom. The number of ether oxygens (including phenoxy) is 1. The lowest BCUT2D eigenvalue weighted by molar-refractivity contribution is -0.137. The Morgan fingerprint density at radius 2 is 2.10 bits per heavy atom. The molecule has 1 aromatic rings. The lowest BCUT2D eigenvalue weighted by Gasteiger charge is -2.27. The Bertz CT molecular complexity index is 518. The first-order valence-corrected chi connectivity index (χ1v) is 6.13. The zero-order valence-corrected chi connectivity index (χ0v) is 12.0. The topological polar surface area (TPSA) is 71.1 Å². The van der Waals surface area contributed by atoms with Crippen molar-refractivity contribution in [1.29, 1.82) is 0 Å². The van der Waals surface area contributed by atoms with Crippen LogP contribution < -0.4 is 10.6 Å². The summed E-state index contributed by atoms with van der Waals surface area (Å²) in [4.78, 5) is 1.75. The van der Waals surface area contributed by atoms with Gasteiger partial charge in [-0.25, -0.2) is 0 Å². The van der Waals surface area contributed by atoms with E-state index in [9.17, 15) is 13.2 Å². The molecule has 0 bridgehead atoms. The summed E-state index contributed by atoms with van der Waals surface area (Å²) in [6.07, 6.45) is -4.58. The number of oxime groups is 1. The lowest BCUT2D eigenvalue weighted by Crippen LogP contribution is -2.33. The Labute approximate surface area is 120 Å². The summed E-state index contributed by atoms with van der Waals surface area (Å²) in [6.45, 7) is 2.28. The highest BCUT2D eigenvalue weighted by Gasteiger charge is 2.34. The van der Waals surface area contributed by atoms with Gasteiger partial charge in [0.2, 0.25) is 0 Å². The van der Waals surface area contributed by atoms with Gasteiger partial charge in [0.1, 0.15) is 0 Å². The molecule has 0 saturated carbocycles. The Hall–Kier alpha value is -1.96. The summed E-state index contributed by atoms with van der Waals surface area (Å²) in [5.74, 6) is -0.586. The molecule has 5 nitrogen and oxygen atoms in total. The number of benzene rings is 1. The monoisotopic (exact) mass is 305 g/mol. The Balaban J connectivity index is 3.28. The second-order valence-corrected chi connectivity index (χ2v) is 4.63. The van der Waals surface area contributed by atoms with Crippen LogP contribution in [0.1, 0.15) is 18.1 Å². The molecule has 21 heavy (non-hydrogen) atoms. The molecule has 3 N–H and O–H groups in total. The van der Waals surface area contributed by atoms with Crippen molar-refractivity contribution < 1.29 is 23.1 Å². The van der Waals surface area contributed by atoms with E-state index in [0.29, 0.717) is 12.3 Å². The summed E-state index contributed by atoms with van der Waals surface area (Å²) < 4.78 is 43.8. The number of nitrogens with zero attached hydrogens (tertiary/aromatic N) is 2. The van der Waals surface area contributed by atoms with Crippen LogP contribution in [0.15, 0.2) is 23.4 Å². The molecule has 0 aromatic heterocycles. The molecule has 0 radical (unpaired) electrons. The zero-order chi connectivity index (χ0) is 16.2. The van der Waals surface area contributed by atoms with E-state index in [1.807, 2.05) is 6.92 Å². The number of hydrogen-bond acceptors (Lipinski definition) is 4. The molecule has 118 valence electrons. The van der Waals surface area contributed by atoms with Gasteiger partial charge in [0.25, 0.3) is 0 Å². The maximum atomic E-state index is 12.9. The second kappa shape index (κ2) is 6.66. The molecular formula is C13H18F3N3O2. The summed E-state index contributed by atoms with van der Waals surface area (Å²) >= 11 is 0. The van der Waals surface area contributed by atoms with E-state index in [0.717, 1.165) is 6.07 Å². The predicted molar refractivity (Wildman–Crippen MR) is 73.7 cm³/mol. The number of anilines is 1. The van der Waals surface area contributed by atoms with E-state index < -0.39 is 17.6 Å². The lowest BCUT2D eigenvalue weighted by atomic mass is 10.0. The van der Waals surface area contributed by atoms with Crippen molar-refractivity contribution in [3.05, 3.63) is 29.3 Å². The fraction of sp³-hybridized carbons (Fsp3) is 0.462. The van der Waals surface area contributed by atoms with Crippen molar-refractivity contribution >= 4 is 11.5 Å². The number of rotatable bonds is 5. The molecule has 0 fully saturated rings. The van der Waals surface area contributed by atoms with Crippen LogP contribution in [0.4, 0.5) is 18.9 Å². The van der Waals surface area contributed by atoms with E-state index in [1.165, 1.54) is 12.1 Å². The minimum atomic E-state index is -4.58. The van der Waals surface area contributed by atoms with Crippen LogP contribution in [-0.2, 0) is 10.9 Å². The van der Waals surface area contributed by atoms with Crippen LogP contribution in [0.25, 0.3) is 0 Å². The molecular weight excluding hydrogens is 287 g/mol. The molecule has 1 rings (SSSR count). The van der Waals surface area contributed by atoms with Crippen LogP contribution in [0, 0.1) is 0 Å². The molecule has 0 aliphatic heterocycles. The third kappa shape index (κ3) is 4.01. The molecule has 0 amide bonds. The van der Waals surface area contributed by atoms with Crippen molar-refractivity contribution in [3.8, 4) is 0 Å². The van der Waals surface area contributed by atoms with E-state index in [1.54, 1.807) is 19.1 Å². The average Bonchev–Trinajstić information content (AvgIpc) is 2.44. The van der Waals surface area contributed by atoms with Gasteiger partial charge in [-0.3, -0.25) is 0 Å². The van der Waals surface area contributed by atoms with Gasteiger partial charge in [-0.15, -0.1) is 0 Å². The third-order valence-electron chi connectivity index (χ3n) is 3.17. The molecule has 0 aliphatic carbocycles. The third-order valence-corrected chi connectivity index (χ3v) is 3.17. The SMILES string of the molecule is COCC(C)N(C)c1ccc(C(F)(F)F)c(/C(N)=N/O)c1. The van der Waals surface area contributed by atoms with Crippen molar-refractivity contribution in [2.75, 3.05) is 25.7 Å². The number of hydrogen-bond donors (Lipinski definition) is 2. The van der Waals surface area contributed by atoms with Gasteiger partial charge in [-0.2, -0.15) is 13.2 Å². The van der Waals surface area contributed by atoms with Gasteiger partial charge in [0.05, 0.1) is 12.2 Å². The summed E-state index contributed by atoms with van der Waals surface area (Å²) in [5, 5.41) is 11.3. The first-order valence-electron chi connectivity index (χ1n) is 6.13. The van der Waals surface area contributed by atoms with E-state index in [-0.39, 0.29) is 11.6 Å². The van der Waals surface area contributed by atoms with E-state index in [2.05, 4.69) is 5.16 Å². The van der Waals surface area contributed by atoms with Crippen LogP contribution in [0.2, 0.25) is 0 Å². The van der Waals surface area contributed by atoms with Gasteiger partial charge in [-0.1, -0.05) is 5.16 Å². The van der Waals surface area contributed by atoms with Crippen molar-refractivity contribution in [3.63, 3.8) is 0 Å². The normalized spacial score (nSPS) is 14.1.